The van der Waals surface area contributed by atoms with Crippen LogP contribution in [-0.2, 0) is 16.9 Å². The number of carbonyl (C=O) groups excluding carboxylic acids is 2. The summed E-state index contributed by atoms with van der Waals surface area (Å²) in [6.45, 7) is 2.35. The highest BCUT2D eigenvalue weighted by atomic mass is 35.5. The van der Waals surface area contributed by atoms with Crippen molar-refractivity contribution < 1.29 is 9.59 Å². The summed E-state index contributed by atoms with van der Waals surface area (Å²) in [5.41, 5.74) is -0.590. The molecule has 1 aliphatic carbocycles. The van der Waals surface area contributed by atoms with Crippen molar-refractivity contribution in [1.82, 2.24) is 14.7 Å². The lowest BCUT2D eigenvalue weighted by molar-refractivity contribution is -0.132. The lowest BCUT2D eigenvalue weighted by Crippen LogP contribution is -2.54. The summed E-state index contributed by atoms with van der Waals surface area (Å²) in [6.07, 6.45) is 3.17. The molecular weight excluding hydrogens is 426 g/mol. The van der Waals surface area contributed by atoms with Crippen LogP contribution in [0.5, 0.6) is 0 Å². The van der Waals surface area contributed by atoms with E-state index in [-0.39, 0.29) is 17.0 Å². The van der Waals surface area contributed by atoms with Gasteiger partial charge in [-0.1, -0.05) is 54.9 Å². The summed E-state index contributed by atoms with van der Waals surface area (Å²) < 4.78 is 1.34. The van der Waals surface area contributed by atoms with E-state index in [9.17, 15) is 14.4 Å². The predicted octanol–water partition coefficient (Wildman–Crippen LogP) is 4.57. The van der Waals surface area contributed by atoms with E-state index in [1.165, 1.54) is 9.58 Å². The van der Waals surface area contributed by atoms with Crippen molar-refractivity contribution in [3.63, 3.8) is 0 Å². The zero-order valence-electron chi connectivity index (χ0n) is 18.3. The molecule has 1 unspecified atom stereocenters. The molecule has 3 aromatic rings. The largest absolute Gasteiger partial charge is 0.323 e. The normalized spacial score (nSPS) is 18.7. The molecule has 2 aromatic carbocycles. The summed E-state index contributed by atoms with van der Waals surface area (Å²) in [6, 6.07) is 14.2. The Bertz CT molecular complexity index is 1250. The minimum Gasteiger partial charge on any atom is -0.323 e. The third-order valence-corrected chi connectivity index (χ3v) is 6.69. The fraction of sp³-hybridized carbons (Fsp3) is 0.360. The predicted molar refractivity (Wildman–Crippen MR) is 125 cm³/mol. The standard InChI is InChI=1S/C25H26ClN3O3/c1-3-16-29-23(31)18-11-5-4-10-17(18)22(27-29)24(32)28(2)25(15-9-8-14-21(25)30)19-12-6-7-13-20(19)26/h4-7,10-13H,3,8-9,14-16H2,1-2H3. The zero-order valence-corrected chi connectivity index (χ0v) is 19.1. The van der Waals surface area contributed by atoms with Crippen LogP contribution >= 0.6 is 11.6 Å². The van der Waals surface area contributed by atoms with Gasteiger partial charge in [-0.25, -0.2) is 4.68 Å². The fourth-order valence-corrected chi connectivity index (χ4v) is 5.01. The van der Waals surface area contributed by atoms with E-state index < -0.39 is 11.4 Å². The van der Waals surface area contributed by atoms with Crippen LogP contribution in [0.4, 0.5) is 0 Å². The Hall–Kier alpha value is -2.99. The summed E-state index contributed by atoms with van der Waals surface area (Å²) in [7, 11) is 1.64. The molecule has 0 N–H and O–H groups in total. The van der Waals surface area contributed by atoms with Gasteiger partial charge in [0.2, 0.25) is 0 Å². The Balaban J connectivity index is 1.91. The summed E-state index contributed by atoms with van der Waals surface area (Å²) in [5.74, 6) is -0.430. The quantitative estimate of drug-likeness (QED) is 0.569. The van der Waals surface area contributed by atoms with Gasteiger partial charge in [0, 0.05) is 36.0 Å². The average molecular weight is 452 g/mol. The smallest absolute Gasteiger partial charge is 0.275 e. The maximum absolute atomic E-state index is 13.9. The number of aryl methyl sites for hydroxylation is 1. The van der Waals surface area contributed by atoms with Crippen LogP contribution in [0.3, 0.4) is 0 Å². The van der Waals surface area contributed by atoms with Gasteiger partial charge < -0.3 is 4.90 Å². The Labute approximate surface area is 191 Å². The molecule has 1 aromatic heterocycles. The molecule has 1 heterocycles. The number of benzene rings is 2. The number of amides is 1. The molecular formula is C25H26ClN3O3. The van der Waals surface area contributed by atoms with Crippen LogP contribution in [0.15, 0.2) is 53.3 Å². The van der Waals surface area contributed by atoms with Crippen LogP contribution in [0, 0.1) is 0 Å². The molecule has 1 aliphatic rings. The first kappa shape index (κ1) is 22.2. The molecule has 32 heavy (non-hydrogen) atoms. The second-order valence-electron chi connectivity index (χ2n) is 8.26. The van der Waals surface area contributed by atoms with Gasteiger partial charge in [-0.15, -0.1) is 0 Å². The van der Waals surface area contributed by atoms with Crippen LogP contribution in [-0.4, -0.2) is 33.4 Å². The van der Waals surface area contributed by atoms with Gasteiger partial charge in [0.25, 0.3) is 11.5 Å². The van der Waals surface area contributed by atoms with E-state index in [1.54, 1.807) is 37.4 Å². The third-order valence-electron chi connectivity index (χ3n) is 6.36. The number of rotatable bonds is 5. The molecule has 166 valence electrons. The lowest BCUT2D eigenvalue weighted by atomic mass is 9.74. The molecule has 0 saturated heterocycles. The number of hydrogen-bond donors (Lipinski definition) is 0. The highest BCUT2D eigenvalue weighted by molar-refractivity contribution is 6.32. The summed E-state index contributed by atoms with van der Waals surface area (Å²) in [5, 5.41) is 5.83. The van der Waals surface area contributed by atoms with Gasteiger partial charge in [-0.2, -0.15) is 5.10 Å². The van der Waals surface area contributed by atoms with E-state index in [2.05, 4.69) is 5.10 Å². The van der Waals surface area contributed by atoms with Crippen molar-refractivity contribution in [2.75, 3.05) is 7.05 Å². The number of ketones is 1. The van der Waals surface area contributed by atoms with E-state index in [1.807, 2.05) is 25.1 Å². The van der Waals surface area contributed by atoms with E-state index in [0.717, 1.165) is 12.8 Å². The maximum Gasteiger partial charge on any atom is 0.275 e. The van der Waals surface area contributed by atoms with Crippen molar-refractivity contribution in [2.45, 2.75) is 51.1 Å². The fourth-order valence-electron chi connectivity index (χ4n) is 4.72. The number of likely N-dealkylation sites (N-methyl/N-ethyl adjacent to an activating group) is 1. The molecule has 0 aliphatic heterocycles. The van der Waals surface area contributed by atoms with Crippen molar-refractivity contribution in [3.8, 4) is 0 Å². The first-order valence-corrected chi connectivity index (χ1v) is 11.4. The van der Waals surface area contributed by atoms with Crippen LogP contribution in [0.1, 0.15) is 55.1 Å². The van der Waals surface area contributed by atoms with Gasteiger partial charge in [-0.05, 0) is 37.8 Å². The molecule has 7 heteroatoms. The average Bonchev–Trinajstić information content (AvgIpc) is 2.81. The minimum absolute atomic E-state index is 0.0288. The Kier molecular flexibility index (Phi) is 6.15. The van der Waals surface area contributed by atoms with Gasteiger partial charge in [-0.3, -0.25) is 14.4 Å². The molecule has 4 rings (SSSR count). The first-order valence-electron chi connectivity index (χ1n) is 11.0. The Morgan fingerprint density at radius 2 is 1.78 bits per heavy atom. The highest BCUT2D eigenvalue weighted by Gasteiger charge is 2.48. The van der Waals surface area contributed by atoms with Gasteiger partial charge in [0.15, 0.2) is 11.5 Å². The molecule has 1 atom stereocenters. The topological polar surface area (TPSA) is 72.3 Å². The second kappa shape index (κ2) is 8.87. The van der Waals surface area contributed by atoms with Crippen LogP contribution in [0.25, 0.3) is 10.8 Å². The number of aromatic nitrogens is 2. The Morgan fingerprint density at radius 3 is 2.47 bits per heavy atom. The van der Waals surface area contributed by atoms with Crippen molar-refractivity contribution in [3.05, 3.63) is 75.2 Å². The monoisotopic (exact) mass is 451 g/mol. The molecule has 0 spiro atoms. The van der Waals surface area contributed by atoms with Crippen LogP contribution < -0.4 is 5.56 Å². The van der Waals surface area contributed by atoms with Crippen molar-refractivity contribution in [1.29, 1.82) is 0 Å². The van der Waals surface area contributed by atoms with E-state index in [0.29, 0.717) is 47.2 Å². The molecule has 6 nitrogen and oxygen atoms in total. The number of carbonyl (C=O) groups is 2. The number of hydrogen-bond acceptors (Lipinski definition) is 4. The molecule has 0 radical (unpaired) electrons. The lowest BCUT2D eigenvalue weighted by Gasteiger charge is -2.43. The van der Waals surface area contributed by atoms with E-state index >= 15 is 0 Å². The van der Waals surface area contributed by atoms with Crippen molar-refractivity contribution >= 4 is 34.1 Å². The minimum atomic E-state index is -1.16. The SMILES string of the molecule is CCCn1nc(C(=O)N(C)C2(c3ccccc3Cl)CCCCC2=O)c2ccccc2c1=O. The number of Topliss-reactive ketones (excluding diaryl/α,β-unsaturated/α-hetero) is 1. The zero-order chi connectivity index (χ0) is 22.9. The summed E-state index contributed by atoms with van der Waals surface area (Å²) >= 11 is 6.54. The molecule has 1 saturated carbocycles. The van der Waals surface area contributed by atoms with Gasteiger partial charge >= 0.3 is 0 Å². The number of nitrogens with zero attached hydrogens (tertiary/aromatic N) is 3. The highest BCUT2D eigenvalue weighted by Crippen LogP contribution is 2.42. The molecule has 1 amide bonds. The van der Waals surface area contributed by atoms with Crippen molar-refractivity contribution in [2.24, 2.45) is 0 Å². The second-order valence-corrected chi connectivity index (χ2v) is 8.66. The number of fused-ring (bicyclic) bond motifs is 1. The first-order chi connectivity index (χ1) is 15.4. The van der Waals surface area contributed by atoms with E-state index in [4.69, 9.17) is 11.6 Å². The van der Waals surface area contributed by atoms with Gasteiger partial charge in [0.05, 0.1) is 5.39 Å². The maximum atomic E-state index is 13.9. The summed E-state index contributed by atoms with van der Waals surface area (Å²) in [4.78, 5) is 41.7. The third kappa shape index (κ3) is 3.52. The van der Waals surface area contributed by atoms with Crippen LogP contribution in [0.2, 0.25) is 5.02 Å². The van der Waals surface area contributed by atoms with Gasteiger partial charge in [0.1, 0.15) is 5.54 Å². The number of halogens is 1. The molecule has 1 fully saturated rings. The molecule has 0 bridgehead atoms. The Morgan fingerprint density at radius 1 is 1.09 bits per heavy atom.